The highest BCUT2D eigenvalue weighted by Gasteiger charge is 2.33. The molecule has 1 atom stereocenters. The van der Waals surface area contributed by atoms with Crippen LogP contribution in [-0.2, 0) is 11.3 Å². The zero-order valence-corrected chi connectivity index (χ0v) is 23.2. The number of nitriles is 1. The van der Waals surface area contributed by atoms with Crippen LogP contribution in [0, 0.1) is 24.2 Å². The van der Waals surface area contributed by atoms with E-state index in [1.165, 1.54) is 11.8 Å². The van der Waals surface area contributed by atoms with E-state index < -0.39 is 0 Å². The van der Waals surface area contributed by atoms with Gasteiger partial charge in [0.25, 0.3) is 11.5 Å². The fourth-order valence-electron chi connectivity index (χ4n) is 4.91. The lowest BCUT2D eigenvalue weighted by atomic mass is 9.98. The van der Waals surface area contributed by atoms with Crippen molar-refractivity contribution in [3.8, 4) is 6.07 Å². The van der Waals surface area contributed by atoms with E-state index in [9.17, 15) is 14.9 Å². The smallest absolute Gasteiger partial charge is 0.270 e. The van der Waals surface area contributed by atoms with E-state index in [1.807, 2.05) is 13.0 Å². The van der Waals surface area contributed by atoms with Gasteiger partial charge in [0.2, 0.25) is 0 Å². The van der Waals surface area contributed by atoms with Gasteiger partial charge in [0, 0.05) is 31.7 Å². The van der Waals surface area contributed by atoms with Gasteiger partial charge in [-0.05, 0) is 50.2 Å². The summed E-state index contributed by atoms with van der Waals surface area (Å²) >= 11 is 6.88. The van der Waals surface area contributed by atoms with E-state index in [1.54, 1.807) is 9.47 Å². The summed E-state index contributed by atoms with van der Waals surface area (Å²) in [7, 11) is 0. The van der Waals surface area contributed by atoms with Crippen molar-refractivity contribution < 1.29 is 4.79 Å². The van der Waals surface area contributed by atoms with Crippen molar-refractivity contribution in [1.29, 1.82) is 5.26 Å². The number of hydrogen-bond donors (Lipinski definition) is 0. The maximum atomic E-state index is 13.4. The SMILES string of the molecule is CCCCCCN1C(=O)C(=Cc2c(C)c(C#N)c(=O)n(CCCC)c2N2CCCC(C)C2)SC1=S. The van der Waals surface area contributed by atoms with Gasteiger partial charge in [-0.3, -0.25) is 19.1 Å². The molecule has 35 heavy (non-hydrogen) atoms. The van der Waals surface area contributed by atoms with E-state index in [-0.39, 0.29) is 17.0 Å². The van der Waals surface area contributed by atoms with Crippen LogP contribution in [0.2, 0.25) is 0 Å². The molecule has 0 aliphatic carbocycles. The first-order valence-electron chi connectivity index (χ1n) is 13.0. The molecule has 8 heteroatoms. The van der Waals surface area contributed by atoms with Crippen molar-refractivity contribution in [1.82, 2.24) is 9.47 Å². The molecule has 3 heterocycles. The fourth-order valence-corrected chi connectivity index (χ4v) is 6.20. The third kappa shape index (κ3) is 6.18. The van der Waals surface area contributed by atoms with Crippen molar-refractivity contribution in [2.45, 2.75) is 85.6 Å². The largest absolute Gasteiger partial charge is 0.357 e. The quantitative estimate of drug-likeness (QED) is 0.222. The molecule has 6 nitrogen and oxygen atoms in total. The van der Waals surface area contributed by atoms with Gasteiger partial charge < -0.3 is 4.90 Å². The molecule has 2 fully saturated rings. The van der Waals surface area contributed by atoms with E-state index in [2.05, 4.69) is 31.7 Å². The number of unbranched alkanes of at least 4 members (excludes halogenated alkanes) is 4. The van der Waals surface area contributed by atoms with Crippen molar-refractivity contribution >= 4 is 46.1 Å². The Morgan fingerprint density at radius 3 is 2.54 bits per heavy atom. The highest BCUT2D eigenvalue weighted by atomic mass is 32.2. The minimum atomic E-state index is -0.229. The molecule has 1 aromatic rings. The lowest BCUT2D eigenvalue weighted by molar-refractivity contribution is -0.122. The van der Waals surface area contributed by atoms with Gasteiger partial charge >= 0.3 is 0 Å². The Bertz CT molecular complexity index is 1090. The number of nitrogens with zero attached hydrogens (tertiary/aromatic N) is 4. The van der Waals surface area contributed by atoms with Gasteiger partial charge in [-0.25, -0.2) is 0 Å². The second-order valence-corrected chi connectivity index (χ2v) is 11.4. The molecule has 0 radical (unpaired) electrons. The van der Waals surface area contributed by atoms with Gasteiger partial charge in [-0.2, -0.15) is 5.26 Å². The molecule has 0 saturated carbocycles. The van der Waals surface area contributed by atoms with Crippen LogP contribution in [0.3, 0.4) is 0 Å². The number of rotatable bonds is 10. The average molecular weight is 515 g/mol. The van der Waals surface area contributed by atoms with Crippen LogP contribution >= 0.6 is 24.0 Å². The summed E-state index contributed by atoms with van der Waals surface area (Å²) in [6, 6.07) is 2.14. The van der Waals surface area contributed by atoms with Gasteiger partial charge in [0.15, 0.2) is 0 Å². The lowest BCUT2D eigenvalue weighted by Crippen LogP contribution is -2.40. The van der Waals surface area contributed by atoms with Crippen LogP contribution in [0.25, 0.3) is 6.08 Å². The summed E-state index contributed by atoms with van der Waals surface area (Å²) in [4.78, 5) is 31.3. The molecular weight excluding hydrogens is 476 g/mol. The number of hydrogen-bond acceptors (Lipinski definition) is 6. The topological polar surface area (TPSA) is 69.3 Å². The number of carbonyl (C=O) groups excluding carboxylic acids is 1. The predicted molar refractivity (Wildman–Crippen MR) is 150 cm³/mol. The normalized spacial score (nSPS) is 19.6. The first-order valence-corrected chi connectivity index (χ1v) is 14.2. The second kappa shape index (κ2) is 12.7. The number of amides is 1. The molecule has 190 valence electrons. The Morgan fingerprint density at radius 1 is 1.14 bits per heavy atom. The number of thioether (sulfide) groups is 1. The maximum absolute atomic E-state index is 13.4. The minimum absolute atomic E-state index is 0.0707. The fraction of sp³-hybridized carbons (Fsp3) is 0.630. The van der Waals surface area contributed by atoms with Crippen LogP contribution in [0.1, 0.15) is 88.8 Å². The summed E-state index contributed by atoms with van der Waals surface area (Å²) in [5, 5.41) is 9.86. The number of piperidine rings is 1. The van der Waals surface area contributed by atoms with E-state index >= 15 is 0 Å². The second-order valence-electron chi connectivity index (χ2n) is 9.75. The average Bonchev–Trinajstić information content (AvgIpc) is 3.10. The Kier molecular flexibility index (Phi) is 9.99. The summed E-state index contributed by atoms with van der Waals surface area (Å²) in [6.07, 6.45) is 10.2. The number of thiocarbonyl (C=S) groups is 1. The van der Waals surface area contributed by atoms with Gasteiger partial charge in [0.05, 0.1) is 4.91 Å². The van der Waals surface area contributed by atoms with Gasteiger partial charge in [0.1, 0.15) is 21.8 Å². The molecule has 1 amide bonds. The van der Waals surface area contributed by atoms with E-state index in [0.717, 1.165) is 75.8 Å². The molecule has 0 bridgehead atoms. The minimum Gasteiger partial charge on any atom is -0.357 e. The van der Waals surface area contributed by atoms with Crippen LogP contribution in [0.15, 0.2) is 9.70 Å². The molecule has 2 aliphatic rings. The first-order chi connectivity index (χ1) is 16.8. The lowest BCUT2D eigenvalue weighted by Gasteiger charge is -2.36. The summed E-state index contributed by atoms with van der Waals surface area (Å²) in [6.45, 7) is 11.2. The number of carbonyl (C=O) groups is 1. The highest BCUT2D eigenvalue weighted by Crippen LogP contribution is 2.37. The molecule has 2 aliphatic heterocycles. The molecular formula is C27H38N4O2S2. The molecule has 1 aromatic heterocycles. The van der Waals surface area contributed by atoms with Gasteiger partial charge in [-0.15, -0.1) is 0 Å². The molecule has 0 aromatic carbocycles. The van der Waals surface area contributed by atoms with Crippen LogP contribution in [-0.4, -0.2) is 39.3 Å². The molecule has 0 spiro atoms. The molecule has 1 unspecified atom stereocenters. The summed E-state index contributed by atoms with van der Waals surface area (Å²) in [5.74, 6) is 1.29. The Morgan fingerprint density at radius 2 is 1.89 bits per heavy atom. The van der Waals surface area contributed by atoms with Crippen LogP contribution in [0.5, 0.6) is 0 Å². The van der Waals surface area contributed by atoms with Gasteiger partial charge in [-0.1, -0.05) is 70.4 Å². The zero-order chi connectivity index (χ0) is 25.5. The van der Waals surface area contributed by atoms with Crippen molar-refractivity contribution in [2.24, 2.45) is 5.92 Å². The van der Waals surface area contributed by atoms with Crippen molar-refractivity contribution in [2.75, 3.05) is 24.5 Å². The number of pyridine rings is 1. The summed E-state index contributed by atoms with van der Waals surface area (Å²) in [5.41, 5.74) is 1.38. The first kappa shape index (κ1) is 27.5. The number of anilines is 1. The predicted octanol–water partition coefficient (Wildman–Crippen LogP) is 5.85. The summed E-state index contributed by atoms with van der Waals surface area (Å²) < 4.78 is 2.37. The van der Waals surface area contributed by atoms with Crippen molar-refractivity contribution in [3.05, 3.63) is 31.9 Å². The standard InChI is InChI=1S/C27H38N4O2S2/c1-5-7-9-10-15-31-26(33)23(35-27(31)34)16-21-20(4)22(17-28)25(32)30(14-8-6-2)24(21)29-13-11-12-19(3)18-29/h16,19H,5-15,18H2,1-4H3. The molecule has 0 N–H and O–H groups in total. The molecule has 2 saturated heterocycles. The highest BCUT2D eigenvalue weighted by molar-refractivity contribution is 8.26. The Balaban J connectivity index is 2.10. The Hall–Kier alpha value is -2.11. The van der Waals surface area contributed by atoms with E-state index in [0.29, 0.717) is 33.8 Å². The third-order valence-corrected chi connectivity index (χ3v) is 8.30. The van der Waals surface area contributed by atoms with Crippen LogP contribution in [0.4, 0.5) is 5.82 Å². The van der Waals surface area contributed by atoms with Crippen molar-refractivity contribution in [3.63, 3.8) is 0 Å². The molecule has 3 rings (SSSR count). The maximum Gasteiger partial charge on any atom is 0.270 e. The Labute approximate surface area is 219 Å². The van der Waals surface area contributed by atoms with Crippen LogP contribution < -0.4 is 10.5 Å². The third-order valence-electron chi connectivity index (χ3n) is 6.92. The number of aromatic nitrogens is 1. The zero-order valence-electron chi connectivity index (χ0n) is 21.6. The monoisotopic (exact) mass is 514 g/mol. The van der Waals surface area contributed by atoms with E-state index in [4.69, 9.17) is 12.2 Å².